The summed E-state index contributed by atoms with van der Waals surface area (Å²) in [5, 5.41) is 4.24. The van der Waals surface area contributed by atoms with Gasteiger partial charge in [-0.3, -0.25) is 9.69 Å². The van der Waals surface area contributed by atoms with Gasteiger partial charge in [0.1, 0.15) is 5.82 Å². The van der Waals surface area contributed by atoms with Crippen LogP contribution in [0, 0.1) is 11.7 Å². The monoisotopic (exact) mass is 364 g/mol. The van der Waals surface area contributed by atoms with Crippen molar-refractivity contribution in [2.75, 3.05) is 13.1 Å². The van der Waals surface area contributed by atoms with Gasteiger partial charge in [0.2, 0.25) is 0 Å². The topological polar surface area (TPSA) is 32.3 Å². The Labute approximate surface area is 148 Å². The smallest absolute Gasteiger partial charge is 0.261 e. The lowest BCUT2D eigenvalue weighted by atomic mass is 9.77. The second kappa shape index (κ2) is 5.16. The zero-order valence-electron chi connectivity index (χ0n) is 13.1. The summed E-state index contributed by atoms with van der Waals surface area (Å²) in [6, 6.07) is 5.11. The zero-order chi connectivity index (χ0) is 16.5. The molecule has 0 radical (unpaired) electrons. The third-order valence-electron chi connectivity index (χ3n) is 6.07. The number of nitrogens with zero attached hydrogens (tertiary/aromatic N) is 1. The molecule has 1 aliphatic carbocycles. The van der Waals surface area contributed by atoms with Crippen LogP contribution in [0.5, 0.6) is 0 Å². The molecule has 3 nitrogen and oxygen atoms in total. The quantitative estimate of drug-likeness (QED) is 0.871. The summed E-state index contributed by atoms with van der Waals surface area (Å²) < 4.78 is 14.3. The second-order valence-electron chi connectivity index (χ2n) is 7.27. The summed E-state index contributed by atoms with van der Waals surface area (Å²) in [5.74, 6) is 0.113. The molecule has 1 aromatic heterocycles. The van der Waals surface area contributed by atoms with E-state index in [0.29, 0.717) is 15.5 Å². The molecule has 4 fully saturated rings. The summed E-state index contributed by atoms with van der Waals surface area (Å²) in [5.41, 5.74) is 0.220. The van der Waals surface area contributed by atoms with E-state index < -0.39 is 5.82 Å². The van der Waals surface area contributed by atoms with E-state index in [1.54, 1.807) is 6.07 Å². The fourth-order valence-electron chi connectivity index (χ4n) is 4.69. The number of amides is 1. The van der Waals surface area contributed by atoms with Crippen LogP contribution in [0.2, 0.25) is 5.02 Å². The van der Waals surface area contributed by atoms with Crippen LogP contribution < -0.4 is 5.32 Å². The van der Waals surface area contributed by atoms with E-state index in [0.717, 1.165) is 5.39 Å². The fraction of sp³-hybridized carbons (Fsp3) is 0.500. The number of carbonyl (C=O) groups excluding carboxylic acids is 1. The van der Waals surface area contributed by atoms with Crippen LogP contribution in [-0.4, -0.2) is 35.5 Å². The third kappa shape index (κ3) is 2.07. The number of hydrogen-bond donors (Lipinski definition) is 1. The van der Waals surface area contributed by atoms with E-state index in [1.807, 2.05) is 6.07 Å². The van der Waals surface area contributed by atoms with Crippen molar-refractivity contribution >= 4 is 38.9 Å². The number of halogens is 2. The summed E-state index contributed by atoms with van der Waals surface area (Å²) >= 11 is 7.32. The maximum Gasteiger partial charge on any atom is 0.261 e. The molecule has 1 spiro atoms. The van der Waals surface area contributed by atoms with Gasteiger partial charge in [-0.25, -0.2) is 4.39 Å². The Kier molecular flexibility index (Phi) is 3.25. The molecular weight excluding hydrogens is 347 g/mol. The molecule has 6 heteroatoms. The first-order valence-corrected chi connectivity index (χ1v) is 9.71. The maximum atomic E-state index is 13.6. The van der Waals surface area contributed by atoms with Gasteiger partial charge < -0.3 is 5.32 Å². The molecule has 1 amide bonds. The molecule has 24 heavy (non-hydrogen) atoms. The van der Waals surface area contributed by atoms with Crippen molar-refractivity contribution < 1.29 is 9.18 Å². The molecule has 3 aliphatic heterocycles. The molecule has 1 atom stereocenters. The highest BCUT2D eigenvalue weighted by Crippen LogP contribution is 2.53. The van der Waals surface area contributed by atoms with Gasteiger partial charge in [-0.05, 0) is 62.2 Å². The van der Waals surface area contributed by atoms with E-state index in [4.69, 9.17) is 11.6 Å². The van der Waals surface area contributed by atoms with Crippen LogP contribution in [0.4, 0.5) is 4.39 Å². The Bertz CT molecular complexity index is 839. The predicted octanol–water partition coefficient (Wildman–Crippen LogP) is 4.05. The van der Waals surface area contributed by atoms with Crippen LogP contribution in [-0.2, 0) is 0 Å². The maximum absolute atomic E-state index is 13.6. The van der Waals surface area contributed by atoms with Gasteiger partial charge >= 0.3 is 0 Å². The van der Waals surface area contributed by atoms with Gasteiger partial charge in [0, 0.05) is 5.54 Å². The summed E-state index contributed by atoms with van der Waals surface area (Å²) in [6.45, 7) is 2.35. The summed E-state index contributed by atoms with van der Waals surface area (Å²) in [7, 11) is 0. The van der Waals surface area contributed by atoms with Crippen LogP contribution in [0.15, 0.2) is 18.2 Å². The van der Waals surface area contributed by atoms with E-state index in [1.165, 1.54) is 56.2 Å². The Morgan fingerprint density at radius 3 is 2.79 bits per heavy atom. The number of nitrogens with one attached hydrogen (secondary N) is 1. The van der Waals surface area contributed by atoms with E-state index in [-0.39, 0.29) is 22.5 Å². The van der Waals surface area contributed by atoms with Gasteiger partial charge in [-0.2, -0.15) is 0 Å². The normalized spacial score (nSPS) is 30.0. The molecule has 0 unspecified atom stereocenters. The second-order valence-corrected chi connectivity index (χ2v) is 8.70. The minimum atomic E-state index is -0.438. The molecular formula is C18H18ClFN2OS. The Morgan fingerprint density at radius 2 is 2.08 bits per heavy atom. The SMILES string of the molecule is O=C(N[C@@H]1C2CCN(CC2)C12CC2)c1cc2ccc(F)c(Cl)c2s1. The minimum Gasteiger partial charge on any atom is -0.346 e. The number of piperidine rings is 3. The first-order valence-electron chi connectivity index (χ1n) is 8.52. The number of rotatable bonds is 2. The average Bonchev–Trinajstić information content (AvgIpc) is 3.24. The lowest BCUT2D eigenvalue weighted by Crippen LogP contribution is -2.65. The molecule has 6 rings (SSSR count). The average molecular weight is 365 g/mol. The van der Waals surface area contributed by atoms with Gasteiger partial charge in [0.15, 0.2) is 0 Å². The molecule has 2 aromatic rings. The number of hydrogen-bond acceptors (Lipinski definition) is 3. The number of fused-ring (bicyclic) bond motifs is 3. The first-order chi connectivity index (χ1) is 11.6. The Hall–Kier alpha value is -1.17. The predicted molar refractivity (Wildman–Crippen MR) is 94.3 cm³/mol. The molecule has 1 N–H and O–H groups in total. The van der Waals surface area contributed by atoms with Crippen molar-refractivity contribution in [2.24, 2.45) is 5.92 Å². The molecule has 1 saturated carbocycles. The highest BCUT2D eigenvalue weighted by molar-refractivity contribution is 7.21. The Balaban J connectivity index is 1.44. The van der Waals surface area contributed by atoms with Gasteiger partial charge in [-0.1, -0.05) is 17.7 Å². The highest BCUT2D eigenvalue weighted by atomic mass is 35.5. The lowest BCUT2D eigenvalue weighted by molar-refractivity contribution is -0.00138. The summed E-state index contributed by atoms with van der Waals surface area (Å²) in [4.78, 5) is 16.0. The van der Waals surface area contributed by atoms with Crippen molar-refractivity contribution in [3.05, 3.63) is 33.9 Å². The third-order valence-corrected chi connectivity index (χ3v) is 7.72. The largest absolute Gasteiger partial charge is 0.346 e. The van der Waals surface area contributed by atoms with E-state index in [2.05, 4.69) is 10.2 Å². The molecule has 126 valence electrons. The molecule has 4 heterocycles. The van der Waals surface area contributed by atoms with Crippen LogP contribution in [0.3, 0.4) is 0 Å². The van der Waals surface area contributed by atoms with Crippen molar-refractivity contribution in [1.82, 2.24) is 10.2 Å². The standard InChI is InChI=1S/C18H18ClFN2OS/c19-14-12(20)2-1-11-9-13(24-15(11)14)17(23)21-16-10-3-7-22(8-4-10)18(16)5-6-18/h1-2,9-10,16H,3-8H2,(H,21,23)/t16-/m1/s1. The van der Waals surface area contributed by atoms with Crippen LogP contribution in [0.1, 0.15) is 35.4 Å². The van der Waals surface area contributed by atoms with Gasteiger partial charge in [0.05, 0.1) is 20.6 Å². The van der Waals surface area contributed by atoms with Crippen molar-refractivity contribution in [3.8, 4) is 0 Å². The molecule has 1 aromatic carbocycles. The number of carbonyl (C=O) groups is 1. The van der Waals surface area contributed by atoms with Crippen molar-refractivity contribution in [2.45, 2.75) is 37.3 Å². The van der Waals surface area contributed by atoms with Crippen LogP contribution in [0.25, 0.3) is 10.1 Å². The molecule has 2 bridgehead atoms. The Morgan fingerprint density at radius 1 is 1.33 bits per heavy atom. The summed E-state index contributed by atoms with van der Waals surface area (Å²) in [6.07, 6.45) is 4.74. The number of benzene rings is 1. The van der Waals surface area contributed by atoms with Gasteiger partial charge in [-0.15, -0.1) is 11.3 Å². The van der Waals surface area contributed by atoms with Gasteiger partial charge in [0.25, 0.3) is 5.91 Å². The lowest BCUT2D eigenvalue weighted by Gasteiger charge is -2.52. The van der Waals surface area contributed by atoms with Crippen LogP contribution >= 0.6 is 22.9 Å². The zero-order valence-corrected chi connectivity index (χ0v) is 14.7. The van der Waals surface area contributed by atoms with Crippen molar-refractivity contribution in [3.63, 3.8) is 0 Å². The first kappa shape index (κ1) is 15.1. The van der Waals surface area contributed by atoms with E-state index >= 15 is 0 Å². The number of thiophene rings is 1. The molecule has 3 saturated heterocycles. The minimum absolute atomic E-state index is 0.0438. The fourth-order valence-corrected chi connectivity index (χ4v) is 5.97. The molecule has 4 aliphatic rings. The highest BCUT2D eigenvalue weighted by Gasteiger charge is 2.60. The van der Waals surface area contributed by atoms with E-state index in [9.17, 15) is 9.18 Å². The van der Waals surface area contributed by atoms with Crippen molar-refractivity contribution in [1.29, 1.82) is 0 Å².